The lowest BCUT2D eigenvalue weighted by molar-refractivity contribution is -0.159. The van der Waals surface area contributed by atoms with Crippen LogP contribution in [0.15, 0.2) is 36.4 Å². The first kappa shape index (κ1) is 17.0. The zero-order valence-corrected chi connectivity index (χ0v) is 12.2. The van der Waals surface area contributed by atoms with Crippen LogP contribution in [-0.2, 0) is 14.3 Å². The molecule has 0 aliphatic rings. The SMILES string of the molecule is C=C(C)C(=O)OC(C)OC(=O)Nc1ccc(NC(N)=O)cc1. The van der Waals surface area contributed by atoms with Crippen LogP contribution in [0.2, 0.25) is 0 Å². The quantitative estimate of drug-likeness (QED) is 0.437. The Hall–Kier alpha value is -3.03. The molecule has 0 aromatic heterocycles. The van der Waals surface area contributed by atoms with Gasteiger partial charge in [0.1, 0.15) is 0 Å². The second-order valence-corrected chi connectivity index (χ2v) is 4.35. The smallest absolute Gasteiger partial charge is 0.414 e. The number of carbonyl (C=O) groups excluding carboxylic acids is 3. The van der Waals surface area contributed by atoms with Gasteiger partial charge in [-0.05, 0) is 31.2 Å². The van der Waals surface area contributed by atoms with E-state index in [1.807, 2.05) is 0 Å². The molecule has 22 heavy (non-hydrogen) atoms. The fourth-order valence-electron chi connectivity index (χ4n) is 1.35. The van der Waals surface area contributed by atoms with Crippen LogP contribution in [0.5, 0.6) is 0 Å². The van der Waals surface area contributed by atoms with Crippen molar-refractivity contribution in [3.05, 3.63) is 36.4 Å². The second-order valence-electron chi connectivity index (χ2n) is 4.35. The number of hydrogen-bond donors (Lipinski definition) is 3. The first-order valence-electron chi connectivity index (χ1n) is 6.28. The van der Waals surface area contributed by atoms with Crippen LogP contribution in [0.4, 0.5) is 21.0 Å². The second kappa shape index (κ2) is 7.67. The Morgan fingerprint density at radius 2 is 1.59 bits per heavy atom. The van der Waals surface area contributed by atoms with Crippen molar-refractivity contribution >= 4 is 29.5 Å². The summed E-state index contributed by atoms with van der Waals surface area (Å²) in [7, 11) is 0. The predicted octanol–water partition coefficient (Wildman–Crippen LogP) is 2.19. The Labute approximate surface area is 127 Å². The highest BCUT2D eigenvalue weighted by atomic mass is 16.7. The number of rotatable bonds is 5. The van der Waals surface area contributed by atoms with E-state index in [1.165, 1.54) is 26.0 Å². The van der Waals surface area contributed by atoms with E-state index in [-0.39, 0.29) is 5.57 Å². The minimum absolute atomic E-state index is 0.202. The molecule has 0 fully saturated rings. The number of anilines is 2. The standard InChI is InChI=1S/C14H17N3O5/c1-8(2)12(18)21-9(3)22-14(20)17-11-6-4-10(5-7-11)16-13(15)19/h4-7,9H,1H2,2-3H3,(H,17,20)(H3,15,16,19). The summed E-state index contributed by atoms with van der Waals surface area (Å²) < 4.78 is 9.65. The molecule has 1 atom stereocenters. The normalized spacial score (nSPS) is 11.0. The van der Waals surface area contributed by atoms with Gasteiger partial charge in [0.25, 0.3) is 0 Å². The number of hydrogen-bond acceptors (Lipinski definition) is 5. The third-order valence-corrected chi connectivity index (χ3v) is 2.29. The van der Waals surface area contributed by atoms with Crippen molar-refractivity contribution in [2.75, 3.05) is 10.6 Å². The highest BCUT2D eigenvalue weighted by molar-refractivity contribution is 5.89. The van der Waals surface area contributed by atoms with Gasteiger partial charge in [-0.1, -0.05) is 6.58 Å². The van der Waals surface area contributed by atoms with Crippen molar-refractivity contribution < 1.29 is 23.9 Å². The Balaban J connectivity index is 2.49. The van der Waals surface area contributed by atoms with E-state index in [0.717, 1.165) is 0 Å². The third kappa shape index (κ3) is 5.95. The van der Waals surface area contributed by atoms with Gasteiger partial charge in [-0.25, -0.2) is 14.4 Å². The van der Waals surface area contributed by atoms with Crippen molar-refractivity contribution in [3.8, 4) is 0 Å². The molecule has 0 spiro atoms. The van der Waals surface area contributed by atoms with Crippen molar-refractivity contribution in [2.45, 2.75) is 20.1 Å². The molecule has 1 unspecified atom stereocenters. The number of ether oxygens (including phenoxy) is 2. The molecule has 8 heteroatoms. The van der Waals surface area contributed by atoms with Crippen LogP contribution < -0.4 is 16.4 Å². The monoisotopic (exact) mass is 307 g/mol. The third-order valence-electron chi connectivity index (χ3n) is 2.29. The maximum Gasteiger partial charge on any atom is 0.414 e. The lowest BCUT2D eigenvalue weighted by Gasteiger charge is -2.14. The first-order chi connectivity index (χ1) is 10.3. The van der Waals surface area contributed by atoms with Gasteiger partial charge < -0.3 is 20.5 Å². The molecule has 1 aromatic carbocycles. The lowest BCUT2D eigenvalue weighted by Crippen LogP contribution is -2.25. The summed E-state index contributed by atoms with van der Waals surface area (Å²) in [6.45, 7) is 6.30. The number of nitrogens with one attached hydrogen (secondary N) is 2. The van der Waals surface area contributed by atoms with E-state index < -0.39 is 24.4 Å². The van der Waals surface area contributed by atoms with Gasteiger partial charge in [-0.3, -0.25) is 5.32 Å². The average Bonchev–Trinajstić information content (AvgIpc) is 2.39. The number of benzene rings is 1. The summed E-state index contributed by atoms with van der Waals surface area (Å²) >= 11 is 0. The molecule has 1 rings (SSSR count). The molecule has 4 N–H and O–H groups in total. The van der Waals surface area contributed by atoms with Crippen molar-refractivity contribution in [3.63, 3.8) is 0 Å². The zero-order valence-electron chi connectivity index (χ0n) is 12.2. The molecular weight excluding hydrogens is 290 g/mol. The molecule has 0 aliphatic heterocycles. The molecule has 1 aromatic rings. The van der Waals surface area contributed by atoms with Gasteiger partial charge in [0.15, 0.2) is 0 Å². The number of urea groups is 1. The van der Waals surface area contributed by atoms with Gasteiger partial charge in [-0.2, -0.15) is 0 Å². The average molecular weight is 307 g/mol. The topological polar surface area (TPSA) is 120 Å². The van der Waals surface area contributed by atoms with E-state index in [0.29, 0.717) is 11.4 Å². The van der Waals surface area contributed by atoms with E-state index >= 15 is 0 Å². The summed E-state index contributed by atoms with van der Waals surface area (Å²) in [6, 6.07) is 5.48. The molecule has 0 aliphatic carbocycles. The van der Waals surface area contributed by atoms with Gasteiger partial charge >= 0.3 is 18.1 Å². The Morgan fingerprint density at radius 3 is 2.05 bits per heavy atom. The van der Waals surface area contributed by atoms with E-state index in [9.17, 15) is 14.4 Å². The van der Waals surface area contributed by atoms with Crippen molar-refractivity contribution in [2.24, 2.45) is 5.73 Å². The predicted molar refractivity (Wildman–Crippen MR) is 80.1 cm³/mol. The highest BCUT2D eigenvalue weighted by Gasteiger charge is 2.14. The maximum absolute atomic E-state index is 11.6. The van der Waals surface area contributed by atoms with E-state index in [1.54, 1.807) is 12.1 Å². The molecule has 0 saturated heterocycles. The highest BCUT2D eigenvalue weighted by Crippen LogP contribution is 2.14. The molecule has 118 valence electrons. The summed E-state index contributed by atoms with van der Waals surface area (Å²) in [4.78, 5) is 33.5. The number of amides is 3. The van der Waals surface area contributed by atoms with Gasteiger partial charge in [-0.15, -0.1) is 0 Å². The summed E-state index contributed by atoms with van der Waals surface area (Å²) in [6.07, 6.45) is -1.85. The van der Waals surface area contributed by atoms with Gasteiger partial charge in [0.2, 0.25) is 6.29 Å². The Morgan fingerprint density at radius 1 is 1.09 bits per heavy atom. The van der Waals surface area contributed by atoms with Crippen molar-refractivity contribution in [1.82, 2.24) is 0 Å². The van der Waals surface area contributed by atoms with Gasteiger partial charge in [0.05, 0.1) is 0 Å². The molecule has 0 radical (unpaired) electrons. The maximum atomic E-state index is 11.6. The minimum Gasteiger partial charge on any atom is -0.422 e. The number of primary amides is 1. The molecule has 8 nitrogen and oxygen atoms in total. The molecular formula is C14H17N3O5. The van der Waals surface area contributed by atoms with Crippen molar-refractivity contribution in [1.29, 1.82) is 0 Å². The number of esters is 1. The minimum atomic E-state index is -1.06. The lowest BCUT2D eigenvalue weighted by atomic mass is 10.3. The molecule has 3 amide bonds. The van der Waals surface area contributed by atoms with Crippen LogP contribution in [-0.4, -0.2) is 24.4 Å². The largest absolute Gasteiger partial charge is 0.422 e. The van der Waals surface area contributed by atoms with E-state index in [4.69, 9.17) is 15.2 Å². The Bertz CT molecular complexity index is 583. The van der Waals surface area contributed by atoms with Crippen LogP contribution in [0.3, 0.4) is 0 Å². The molecule has 0 saturated carbocycles. The fourth-order valence-corrected chi connectivity index (χ4v) is 1.35. The first-order valence-corrected chi connectivity index (χ1v) is 6.28. The van der Waals surface area contributed by atoms with Crippen LogP contribution in [0, 0.1) is 0 Å². The summed E-state index contributed by atoms with van der Waals surface area (Å²) in [5.74, 6) is -0.651. The van der Waals surface area contributed by atoms with Crippen LogP contribution >= 0.6 is 0 Å². The summed E-state index contributed by atoms with van der Waals surface area (Å²) in [5.41, 5.74) is 6.08. The molecule has 0 heterocycles. The Kier molecular flexibility index (Phi) is 5.94. The summed E-state index contributed by atoms with van der Waals surface area (Å²) in [5, 5.41) is 4.82. The number of carbonyl (C=O) groups is 3. The van der Waals surface area contributed by atoms with E-state index in [2.05, 4.69) is 17.2 Å². The van der Waals surface area contributed by atoms with Crippen LogP contribution in [0.1, 0.15) is 13.8 Å². The zero-order chi connectivity index (χ0) is 16.7. The number of nitrogens with two attached hydrogens (primary N) is 1. The van der Waals surface area contributed by atoms with Crippen LogP contribution in [0.25, 0.3) is 0 Å². The van der Waals surface area contributed by atoms with Gasteiger partial charge in [0, 0.05) is 23.9 Å². The molecule has 0 bridgehead atoms. The fraction of sp³-hybridized carbons (Fsp3) is 0.214.